The minimum absolute atomic E-state index is 0.265. The summed E-state index contributed by atoms with van der Waals surface area (Å²) in [4.78, 5) is 0.265. The normalized spacial score (nSPS) is 10.3. The van der Waals surface area contributed by atoms with E-state index >= 15 is 0 Å². The highest BCUT2D eigenvalue weighted by molar-refractivity contribution is 7.80. The van der Waals surface area contributed by atoms with Crippen LogP contribution in [-0.2, 0) is 0 Å². The highest BCUT2D eigenvalue weighted by Gasteiger charge is 2.12. The minimum Gasteiger partial charge on any atom is -0.493 e. The Kier molecular flexibility index (Phi) is 6.28. The van der Waals surface area contributed by atoms with Crippen LogP contribution in [-0.4, -0.2) is 25.3 Å². The molecule has 0 aliphatic heterocycles. The first-order chi connectivity index (χ1) is 13.2. The van der Waals surface area contributed by atoms with Crippen molar-refractivity contribution in [3.8, 4) is 28.4 Å². The van der Waals surface area contributed by atoms with Gasteiger partial charge in [-0.2, -0.15) is 0 Å². The Morgan fingerprint density at radius 2 is 1.48 bits per heavy atom. The van der Waals surface area contributed by atoms with Gasteiger partial charge in [0.25, 0.3) is 0 Å². The van der Waals surface area contributed by atoms with Crippen molar-refractivity contribution in [1.29, 1.82) is 0 Å². The molecule has 3 rings (SSSR count). The number of thiocarbonyl (C=S) groups is 1. The van der Waals surface area contributed by atoms with Gasteiger partial charge in [0.1, 0.15) is 24.0 Å². The van der Waals surface area contributed by atoms with Crippen LogP contribution in [0.4, 0.5) is 0 Å². The number of rotatable bonds is 8. The summed E-state index contributed by atoms with van der Waals surface area (Å²) in [6.07, 6.45) is 0. The second-order valence-corrected chi connectivity index (χ2v) is 6.23. The lowest BCUT2D eigenvalue weighted by Gasteiger charge is -2.14. The fourth-order valence-electron chi connectivity index (χ4n) is 2.70. The average molecular weight is 379 g/mol. The first-order valence-electron chi connectivity index (χ1n) is 8.57. The fraction of sp³-hybridized carbons (Fsp3) is 0.136. The van der Waals surface area contributed by atoms with Crippen molar-refractivity contribution < 1.29 is 14.2 Å². The molecule has 138 valence electrons. The lowest BCUT2D eigenvalue weighted by atomic mass is 10.1. The number of benzene rings is 3. The Hall–Kier alpha value is -3.05. The van der Waals surface area contributed by atoms with Crippen LogP contribution in [0.25, 0.3) is 11.1 Å². The fourth-order valence-corrected chi connectivity index (χ4v) is 2.86. The average Bonchev–Trinajstić information content (AvgIpc) is 2.72. The maximum atomic E-state index is 5.82. The topological polar surface area (TPSA) is 53.7 Å². The van der Waals surface area contributed by atoms with Gasteiger partial charge in [-0.15, -0.1) is 0 Å². The van der Waals surface area contributed by atoms with Gasteiger partial charge >= 0.3 is 0 Å². The summed E-state index contributed by atoms with van der Waals surface area (Å²) in [5, 5.41) is 0. The summed E-state index contributed by atoms with van der Waals surface area (Å²) in [6, 6.07) is 23.6. The van der Waals surface area contributed by atoms with E-state index in [1.54, 1.807) is 13.2 Å². The second kappa shape index (κ2) is 9.05. The van der Waals surface area contributed by atoms with Crippen LogP contribution in [0.15, 0.2) is 72.8 Å². The smallest absolute Gasteiger partial charge is 0.171 e. The first-order valence-corrected chi connectivity index (χ1v) is 8.98. The zero-order valence-electron chi connectivity index (χ0n) is 15.1. The standard InChI is InChI=1S/C22H21NO3S/c1-24-20-9-5-8-19(22(23)27)21(20)26-15-14-25-18-12-10-17(11-13-18)16-6-3-2-4-7-16/h2-13H,14-15H2,1H3,(H2,23,27). The highest BCUT2D eigenvalue weighted by atomic mass is 32.1. The molecule has 0 bridgehead atoms. The summed E-state index contributed by atoms with van der Waals surface area (Å²) in [7, 11) is 1.58. The molecule has 0 unspecified atom stereocenters. The number of ether oxygens (including phenoxy) is 3. The Balaban J connectivity index is 1.57. The van der Waals surface area contributed by atoms with Crippen LogP contribution >= 0.6 is 12.2 Å². The molecule has 0 radical (unpaired) electrons. The molecule has 2 N–H and O–H groups in total. The molecular weight excluding hydrogens is 358 g/mol. The molecule has 0 amide bonds. The van der Waals surface area contributed by atoms with Gasteiger partial charge in [-0.1, -0.05) is 60.7 Å². The van der Waals surface area contributed by atoms with Crippen molar-refractivity contribution >= 4 is 17.2 Å². The lowest BCUT2D eigenvalue weighted by molar-refractivity contribution is 0.211. The molecule has 0 heterocycles. The number of methoxy groups -OCH3 is 1. The highest BCUT2D eigenvalue weighted by Crippen LogP contribution is 2.31. The summed E-state index contributed by atoms with van der Waals surface area (Å²) in [5.41, 5.74) is 8.73. The van der Waals surface area contributed by atoms with Gasteiger partial charge in [0.2, 0.25) is 0 Å². The van der Waals surface area contributed by atoms with Crippen molar-refractivity contribution in [2.24, 2.45) is 5.73 Å². The van der Waals surface area contributed by atoms with Gasteiger partial charge < -0.3 is 19.9 Å². The molecule has 5 heteroatoms. The third-order valence-corrected chi connectivity index (χ3v) is 4.24. The number of hydrogen-bond donors (Lipinski definition) is 1. The predicted molar refractivity (Wildman–Crippen MR) is 112 cm³/mol. The van der Waals surface area contributed by atoms with Crippen LogP contribution in [0, 0.1) is 0 Å². The molecule has 0 spiro atoms. The summed E-state index contributed by atoms with van der Waals surface area (Å²) >= 11 is 5.08. The Labute approximate surface area is 164 Å². The monoisotopic (exact) mass is 379 g/mol. The lowest BCUT2D eigenvalue weighted by Crippen LogP contribution is -2.15. The molecule has 4 nitrogen and oxygen atoms in total. The summed E-state index contributed by atoms with van der Waals surface area (Å²) < 4.78 is 16.9. The molecule has 27 heavy (non-hydrogen) atoms. The van der Waals surface area contributed by atoms with E-state index in [2.05, 4.69) is 12.1 Å². The Morgan fingerprint density at radius 1 is 0.815 bits per heavy atom. The van der Waals surface area contributed by atoms with Crippen molar-refractivity contribution in [3.63, 3.8) is 0 Å². The molecule has 0 aliphatic rings. The van der Waals surface area contributed by atoms with E-state index < -0.39 is 0 Å². The van der Waals surface area contributed by atoms with E-state index in [4.69, 9.17) is 32.2 Å². The van der Waals surface area contributed by atoms with Gasteiger partial charge in [0.15, 0.2) is 11.5 Å². The summed E-state index contributed by atoms with van der Waals surface area (Å²) in [5.74, 6) is 1.91. The molecule has 3 aromatic rings. The van der Waals surface area contributed by atoms with Gasteiger partial charge in [0, 0.05) is 0 Å². The molecular formula is C22H21NO3S. The van der Waals surface area contributed by atoms with Gasteiger partial charge in [-0.05, 0) is 35.4 Å². The van der Waals surface area contributed by atoms with Gasteiger partial charge in [-0.25, -0.2) is 0 Å². The van der Waals surface area contributed by atoms with Crippen molar-refractivity contribution in [3.05, 3.63) is 78.4 Å². The van der Waals surface area contributed by atoms with E-state index in [1.165, 1.54) is 5.56 Å². The van der Waals surface area contributed by atoms with E-state index in [0.717, 1.165) is 11.3 Å². The SMILES string of the molecule is COc1cccc(C(N)=S)c1OCCOc1ccc(-c2ccccc2)cc1. The zero-order valence-corrected chi connectivity index (χ0v) is 15.9. The zero-order chi connectivity index (χ0) is 19.1. The molecule has 0 saturated heterocycles. The second-order valence-electron chi connectivity index (χ2n) is 5.79. The van der Waals surface area contributed by atoms with Crippen LogP contribution in [0.3, 0.4) is 0 Å². The van der Waals surface area contributed by atoms with E-state index in [9.17, 15) is 0 Å². The van der Waals surface area contributed by atoms with Gasteiger partial charge in [-0.3, -0.25) is 0 Å². The number of nitrogens with two attached hydrogens (primary N) is 1. The molecule has 0 fully saturated rings. The van der Waals surface area contributed by atoms with Crippen LogP contribution in [0.1, 0.15) is 5.56 Å². The third-order valence-electron chi connectivity index (χ3n) is 4.02. The largest absolute Gasteiger partial charge is 0.493 e. The van der Waals surface area contributed by atoms with Crippen LogP contribution in [0.5, 0.6) is 17.2 Å². The van der Waals surface area contributed by atoms with Gasteiger partial charge in [0.05, 0.1) is 12.7 Å². The molecule has 0 saturated carbocycles. The van der Waals surface area contributed by atoms with Crippen LogP contribution in [0.2, 0.25) is 0 Å². The van der Waals surface area contributed by atoms with Crippen molar-refractivity contribution in [2.45, 2.75) is 0 Å². The van der Waals surface area contributed by atoms with E-state index in [0.29, 0.717) is 30.3 Å². The molecule has 0 aliphatic carbocycles. The Bertz CT molecular complexity index is 895. The van der Waals surface area contributed by atoms with E-state index in [1.807, 2.05) is 54.6 Å². The van der Waals surface area contributed by atoms with Crippen molar-refractivity contribution in [1.82, 2.24) is 0 Å². The third kappa shape index (κ3) is 4.77. The number of hydrogen-bond acceptors (Lipinski definition) is 4. The Morgan fingerprint density at radius 3 is 2.15 bits per heavy atom. The van der Waals surface area contributed by atoms with Crippen molar-refractivity contribution in [2.75, 3.05) is 20.3 Å². The minimum atomic E-state index is 0.265. The number of para-hydroxylation sites is 1. The quantitative estimate of drug-likeness (QED) is 0.463. The first kappa shape index (κ1) is 18.7. The predicted octanol–water partition coefficient (Wildman–Crippen LogP) is 4.45. The summed E-state index contributed by atoms with van der Waals surface area (Å²) in [6.45, 7) is 0.732. The molecule has 3 aromatic carbocycles. The van der Waals surface area contributed by atoms with E-state index in [-0.39, 0.29) is 4.99 Å². The molecule has 0 aromatic heterocycles. The van der Waals surface area contributed by atoms with Crippen LogP contribution < -0.4 is 19.9 Å². The maximum absolute atomic E-state index is 5.82. The maximum Gasteiger partial charge on any atom is 0.171 e. The molecule has 0 atom stereocenters.